The molecular formula is C25H27N3O6. The van der Waals surface area contributed by atoms with Crippen LogP contribution in [0, 0.1) is 0 Å². The quantitative estimate of drug-likeness (QED) is 0.283. The average molecular weight is 466 g/mol. The third-order valence-electron chi connectivity index (χ3n) is 5.10. The molecule has 1 atom stereocenters. The summed E-state index contributed by atoms with van der Waals surface area (Å²) in [6, 6.07) is 15.1. The first-order chi connectivity index (χ1) is 16.4. The molecule has 0 aliphatic heterocycles. The number of aliphatic carboxylic acids is 1. The number of carboxylic acid groups (broad SMARTS) is 1. The van der Waals surface area contributed by atoms with Crippen molar-refractivity contribution in [2.24, 2.45) is 0 Å². The van der Waals surface area contributed by atoms with Crippen LogP contribution in [0.3, 0.4) is 0 Å². The highest BCUT2D eigenvalue weighted by atomic mass is 16.5. The topological polar surface area (TPSA) is 134 Å². The normalized spacial score (nSPS) is 11.7. The molecule has 9 nitrogen and oxygen atoms in total. The van der Waals surface area contributed by atoms with E-state index in [2.05, 4.69) is 16.0 Å². The van der Waals surface area contributed by atoms with Gasteiger partial charge in [-0.3, -0.25) is 14.4 Å². The second-order valence-corrected chi connectivity index (χ2v) is 7.80. The number of amides is 1. The van der Waals surface area contributed by atoms with Gasteiger partial charge in [0.05, 0.1) is 6.61 Å². The van der Waals surface area contributed by atoms with Gasteiger partial charge >= 0.3 is 5.97 Å². The van der Waals surface area contributed by atoms with E-state index in [-0.39, 0.29) is 30.3 Å². The van der Waals surface area contributed by atoms with Gasteiger partial charge in [0, 0.05) is 18.7 Å². The van der Waals surface area contributed by atoms with Gasteiger partial charge in [0.15, 0.2) is 0 Å². The number of ether oxygens (including phenoxy) is 1. The largest absolute Gasteiger partial charge is 0.480 e. The van der Waals surface area contributed by atoms with Crippen LogP contribution in [0.2, 0.25) is 0 Å². The molecule has 0 heterocycles. The summed E-state index contributed by atoms with van der Waals surface area (Å²) < 4.78 is 5.41. The SMILES string of the molecule is CCCNc1c(N[C@@H](Cc2ccc(NC(=O)COCc3ccccc3)cc2)C(=O)O)c(=O)c1=O. The predicted octanol–water partition coefficient (Wildman–Crippen LogP) is 2.37. The molecule has 0 unspecified atom stereocenters. The fourth-order valence-electron chi connectivity index (χ4n) is 3.32. The van der Waals surface area contributed by atoms with E-state index in [1.165, 1.54) is 0 Å². The molecule has 0 spiro atoms. The van der Waals surface area contributed by atoms with Gasteiger partial charge in [-0.1, -0.05) is 49.4 Å². The van der Waals surface area contributed by atoms with E-state index >= 15 is 0 Å². The lowest BCUT2D eigenvalue weighted by Gasteiger charge is -2.20. The zero-order valence-electron chi connectivity index (χ0n) is 18.8. The Kier molecular flexibility index (Phi) is 8.53. The molecule has 3 aromatic carbocycles. The van der Waals surface area contributed by atoms with E-state index in [9.17, 15) is 24.3 Å². The molecule has 0 aromatic heterocycles. The Morgan fingerprint density at radius 1 is 0.941 bits per heavy atom. The third-order valence-corrected chi connectivity index (χ3v) is 5.10. The van der Waals surface area contributed by atoms with Gasteiger partial charge in [-0.15, -0.1) is 0 Å². The van der Waals surface area contributed by atoms with Crippen molar-refractivity contribution < 1.29 is 19.4 Å². The Hall–Kier alpha value is -3.98. The van der Waals surface area contributed by atoms with E-state index in [1.807, 2.05) is 37.3 Å². The first kappa shape index (κ1) is 24.7. The Bertz CT molecular complexity index is 1180. The minimum absolute atomic E-state index is 0.00485. The molecule has 3 rings (SSSR count). The van der Waals surface area contributed by atoms with E-state index < -0.39 is 22.9 Å². The zero-order chi connectivity index (χ0) is 24.5. The minimum Gasteiger partial charge on any atom is -0.480 e. The van der Waals surface area contributed by atoms with Gasteiger partial charge in [0.1, 0.15) is 24.0 Å². The van der Waals surface area contributed by atoms with Gasteiger partial charge in [-0.25, -0.2) is 4.79 Å². The molecule has 0 saturated heterocycles. The van der Waals surface area contributed by atoms with Crippen molar-refractivity contribution in [3.8, 4) is 0 Å². The van der Waals surface area contributed by atoms with Crippen molar-refractivity contribution in [1.29, 1.82) is 0 Å². The molecule has 178 valence electrons. The van der Waals surface area contributed by atoms with E-state index in [0.29, 0.717) is 24.4 Å². The third kappa shape index (κ3) is 6.52. The maximum Gasteiger partial charge on any atom is 0.326 e. The predicted molar refractivity (Wildman–Crippen MR) is 130 cm³/mol. The van der Waals surface area contributed by atoms with Crippen LogP contribution in [0.4, 0.5) is 17.1 Å². The molecule has 9 heteroatoms. The van der Waals surface area contributed by atoms with E-state index in [4.69, 9.17) is 4.74 Å². The Balaban J connectivity index is 1.53. The second-order valence-electron chi connectivity index (χ2n) is 7.80. The molecule has 4 N–H and O–H groups in total. The number of nitrogens with one attached hydrogen (secondary N) is 3. The highest BCUT2D eigenvalue weighted by molar-refractivity contribution is 5.91. The summed E-state index contributed by atoms with van der Waals surface area (Å²) in [4.78, 5) is 47.5. The highest BCUT2D eigenvalue weighted by Crippen LogP contribution is 2.18. The van der Waals surface area contributed by atoms with Crippen LogP contribution in [0.25, 0.3) is 0 Å². The van der Waals surface area contributed by atoms with Crippen molar-refractivity contribution >= 4 is 28.9 Å². The van der Waals surface area contributed by atoms with Gasteiger partial charge in [-0.2, -0.15) is 0 Å². The van der Waals surface area contributed by atoms with Gasteiger partial charge in [0.25, 0.3) is 10.9 Å². The monoisotopic (exact) mass is 465 g/mol. The number of rotatable bonds is 13. The number of anilines is 3. The lowest BCUT2D eigenvalue weighted by atomic mass is 10.0. The Labute approximate surface area is 196 Å². The standard InChI is InChI=1S/C25H27N3O6/c1-2-12-26-21-22(24(31)23(21)30)28-19(25(32)33)13-16-8-10-18(11-9-16)27-20(29)15-34-14-17-6-4-3-5-7-17/h3-11,19,26,28H,2,12-15H2,1H3,(H,27,29)(H,32,33)/t19-/m0/s1. The summed E-state index contributed by atoms with van der Waals surface area (Å²) in [5.74, 6) is -1.46. The van der Waals surface area contributed by atoms with Gasteiger partial charge in [-0.05, 0) is 29.7 Å². The maximum absolute atomic E-state index is 12.1. The molecule has 0 radical (unpaired) electrons. The summed E-state index contributed by atoms with van der Waals surface area (Å²) in [6.45, 7) is 2.65. The average Bonchev–Trinajstić information content (AvgIpc) is 2.84. The van der Waals surface area contributed by atoms with Crippen LogP contribution in [0.1, 0.15) is 24.5 Å². The summed E-state index contributed by atoms with van der Waals surface area (Å²) in [5, 5.41) is 17.9. The fourth-order valence-corrected chi connectivity index (χ4v) is 3.32. The van der Waals surface area contributed by atoms with Crippen molar-refractivity contribution in [1.82, 2.24) is 0 Å². The van der Waals surface area contributed by atoms with Crippen LogP contribution in [-0.4, -0.2) is 36.2 Å². The lowest BCUT2D eigenvalue weighted by Crippen LogP contribution is -2.42. The molecule has 34 heavy (non-hydrogen) atoms. The van der Waals surface area contributed by atoms with Crippen molar-refractivity contribution in [3.05, 3.63) is 86.2 Å². The molecule has 3 aromatic rings. The summed E-state index contributed by atoms with van der Waals surface area (Å²) in [6.07, 6.45) is 0.832. The number of benzene rings is 2. The summed E-state index contributed by atoms with van der Waals surface area (Å²) >= 11 is 0. The van der Waals surface area contributed by atoms with Crippen LogP contribution in [-0.2, 0) is 27.4 Å². The maximum atomic E-state index is 12.1. The number of carboxylic acids is 1. The lowest BCUT2D eigenvalue weighted by molar-refractivity contribution is -0.137. The molecule has 0 bridgehead atoms. The molecule has 0 aliphatic carbocycles. The molecule has 0 saturated carbocycles. The number of carbonyl (C=O) groups is 2. The number of hydrogen-bond donors (Lipinski definition) is 4. The first-order valence-corrected chi connectivity index (χ1v) is 11.0. The Morgan fingerprint density at radius 2 is 1.62 bits per heavy atom. The number of carbonyl (C=O) groups excluding carboxylic acids is 1. The van der Waals surface area contributed by atoms with Gasteiger partial charge in [0.2, 0.25) is 5.91 Å². The molecule has 0 fully saturated rings. The van der Waals surface area contributed by atoms with Gasteiger partial charge < -0.3 is 25.8 Å². The van der Waals surface area contributed by atoms with Crippen molar-refractivity contribution in [2.75, 3.05) is 29.1 Å². The van der Waals surface area contributed by atoms with E-state index in [1.54, 1.807) is 24.3 Å². The second kappa shape index (κ2) is 11.8. The fraction of sp³-hybridized carbons (Fsp3) is 0.280. The summed E-state index contributed by atoms with van der Waals surface area (Å²) in [5.41, 5.74) is 0.963. The van der Waals surface area contributed by atoms with E-state index in [0.717, 1.165) is 12.0 Å². The Morgan fingerprint density at radius 3 is 2.26 bits per heavy atom. The molecule has 0 aliphatic rings. The first-order valence-electron chi connectivity index (χ1n) is 11.0. The van der Waals surface area contributed by atoms with Crippen LogP contribution >= 0.6 is 0 Å². The highest BCUT2D eigenvalue weighted by Gasteiger charge is 2.26. The van der Waals surface area contributed by atoms with Crippen LogP contribution < -0.4 is 26.8 Å². The smallest absolute Gasteiger partial charge is 0.326 e. The minimum atomic E-state index is -1.15. The van der Waals surface area contributed by atoms with Crippen LogP contribution in [0.15, 0.2) is 64.2 Å². The summed E-state index contributed by atoms with van der Waals surface area (Å²) in [7, 11) is 0. The molecular weight excluding hydrogens is 438 g/mol. The zero-order valence-corrected chi connectivity index (χ0v) is 18.8. The van der Waals surface area contributed by atoms with Crippen molar-refractivity contribution in [3.63, 3.8) is 0 Å². The van der Waals surface area contributed by atoms with Crippen molar-refractivity contribution in [2.45, 2.75) is 32.4 Å². The number of hydrogen-bond acceptors (Lipinski definition) is 7. The molecule has 1 amide bonds. The van der Waals surface area contributed by atoms with Crippen LogP contribution in [0.5, 0.6) is 0 Å².